The van der Waals surface area contributed by atoms with Crippen LogP contribution in [0.2, 0.25) is 0 Å². The number of hydrogen-bond acceptors (Lipinski definition) is 5. The maximum atomic E-state index is 6.17. The lowest BCUT2D eigenvalue weighted by atomic mass is 9.81. The molecule has 0 amide bonds. The molecule has 0 unspecified atom stereocenters. The molecule has 4 rings (SSSR count). The van der Waals surface area contributed by atoms with Crippen LogP contribution in [0, 0.1) is 0 Å². The lowest BCUT2D eigenvalue weighted by Crippen LogP contribution is -2.60. The number of ether oxygens (including phenoxy) is 1. The fourth-order valence-electron chi connectivity index (χ4n) is 4.11. The average Bonchev–Trinajstić information content (AvgIpc) is 2.96. The molecule has 3 aromatic rings. The minimum Gasteiger partial charge on any atom is -0.473 e. The van der Waals surface area contributed by atoms with Gasteiger partial charge in [0.05, 0.1) is 4.88 Å². The van der Waals surface area contributed by atoms with Crippen LogP contribution in [0.5, 0.6) is 5.88 Å². The molecular formula is C21H25N3OS. The minimum atomic E-state index is 0.0524. The lowest BCUT2D eigenvalue weighted by molar-refractivity contribution is 0.0524. The Morgan fingerprint density at radius 1 is 1.00 bits per heavy atom. The molecule has 1 saturated heterocycles. The summed E-state index contributed by atoms with van der Waals surface area (Å²) in [7, 11) is 0. The molecule has 0 saturated carbocycles. The number of benzene rings is 1. The van der Waals surface area contributed by atoms with E-state index in [-0.39, 0.29) is 17.2 Å². The molecule has 1 aromatic carbocycles. The van der Waals surface area contributed by atoms with Crippen molar-refractivity contribution in [1.82, 2.24) is 15.5 Å². The molecular weight excluding hydrogens is 342 g/mol. The largest absolute Gasteiger partial charge is 0.473 e. The first kappa shape index (κ1) is 17.4. The van der Waals surface area contributed by atoms with Gasteiger partial charge in [-0.2, -0.15) is 0 Å². The van der Waals surface area contributed by atoms with Gasteiger partial charge in [-0.3, -0.25) is 0 Å². The summed E-state index contributed by atoms with van der Waals surface area (Å²) < 4.78 is 7.43. The number of piperidine rings is 1. The van der Waals surface area contributed by atoms with Crippen molar-refractivity contribution in [2.45, 2.75) is 57.7 Å². The SMILES string of the molecule is CC1(C)CC(Oc2ccc(-c3cc4ccccc4s3)nn2)CC(C)(C)N1. The van der Waals surface area contributed by atoms with E-state index < -0.39 is 0 Å². The standard InChI is InChI=1S/C21H25N3OS/c1-20(2)12-15(13-21(3,4)24-20)25-19-10-9-16(22-23-19)18-11-14-7-5-6-8-17(14)26-18/h5-11,15,24H,12-13H2,1-4H3. The van der Waals surface area contributed by atoms with Crippen LogP contribution in [0.25, 0.3) is 20.7 Å². The van der Waals surface area contributed by atoms with Gasteiger partial charge in [-0.15, -0.1) is 21.5 Å². The van der Waals surface area contributed by atoms with Crippen LogP contribution in [0.15, 0.2) is 42.5 Å². The number of fused-ring (bicyclic) bond motifs is 1. The van der Waals surface area contributed by atoms with E-state index >= 15 is 0 Å². The van der Waals surface area contributed by atoms with Gasteiger partial charge in [-0.25, -0.2) is 0 Å². The van der Waals surface area contributed by atoms with Crippen LogP contribution < -0.4 is 10.1 Å². The molecule has 5 heteroatoms. The molecule has 1 fully saturated rings. The highest BCUT2D eigenvalue weighted by Crippen LogP contribution is 2.33. The Labute approximate surface area is 158 Å². The number of thiophene rings is 1. The monoisotopic (exact) mass is 367 g/mol. The van der Waals surface area contributed by atoms with Crippen molar-refractivity contribution >= 4 is 21.4 Å². The molecule has 4 nitrogen and oxygen atoms in total. The third-order valence-corrected chi connectivity index (χ3v) is 5.90. The predicted molar refractivity (Wildman–Crippen MR) is 108 cm³/mol. The average molecular weight is 368 g/mol. The summed E-state index contributed by atoms with van der Waals surface area (Å²) in [6, 6.07) is 14.5. The summed E-state index contributed by atoms with van der Waals surface area (Å²) in [6.45, 7) is 8.89. The third-order valence-electron chi connectivity index (χ3n) is 4.76. The number of rotatable bonds is 3. The van der Waals surface area contributed by atoms with Crippen molar-refractivity contribution in [3.05, 3.63) is 42.5 Å². The van der Waals surface area contributed by atoms with Gasteiger partial charge in [-0.1, -0.05) is 18.2 Å². The predicted octanol–water partition coefficient (Wildman–Crippen LogP) is 5.05. The number of nitrogens with zero attached hydrogens (tertiary/aromatic N) is 2. The van der Waals surface area contributed by atoms with E-state index in [1.54, 1.807) is 11.3 Å². The van der Waals surface area contributed by atoms with E-state index in [9.17, 15) is 0 Å². The summed E-state index contributed by atoms with van der Waals surface area (Å²) in [6.07, 6.45) is 2.05. The van der Waals surface area contributed by atoms with Gasteiger partial charge >= 0.3 is 0 Å². The summed E-state index contributed by atoms with van der Waals surface area (Å²) in [5.74, 6) is 0.605. The smallest absolute Gasteiger partial charge is 0.233 e. The molecule has 26 heavy (non-hydrogen) atoms. The number of nitrogens with one attached hydrogen (secondary N) is 1. The van der Waals surface area contributed by atoms with Crippen molar-refractivity contribution < 1.29 is 4.74 Å². The van der Waals surface area contributed by atoms with Crippen LogP contribution in [0.4, 0.5) is 0 Å². The normalized spacial score (nSPS) is 19.5. The Morgan fingerprint density at radius 2 is 1.73 bits per heavy atom. The van der Waals surface area contributed by atoms with Gasteiger partial charge in [0.2, 0.25) is 5.88 Å². The summed E-state index contributed by atoms with van der Waals surface area (Å²) in [5, 5.41) is 13.7. The van der Waals surface area contributed by atoms with Crippen LogP contribution >= 0.6 is 11.3 Å². The lowest BCUT2D eigenvalue weighted by Gasteiger charge is -2.46. The van der Waals surface area contributed by atoms with Crippen molar-refractivity contribution in [3.63, 3.8) is 0 Å². The molecule has 136 valence electrons. The fraction of sp³-hybridized carbons (Fsp3) is 0.429. The Morgan fingerprint density at radius 3 is 2.38 bits per heavy atom. The first-order valence-corrected chi connectivity index (χ1v) is 9.90. The molecule has 3 heterocycles. The molecule has 1 N–H and O–H groups in total. The number of aromatic nitrogens is 2. The second-order valence-corrected chi connectivity index (χ2v) is 9.53. The third kappa shape index (κ3) is 3.74. The van der Waals surface area contributed by atoms with Gasteiger partial charge in [0.1, 0.15) is 11.8 Å². The van der Waals surface area contributed by atoms with E-state index in [0.29, 0.717) is 5.88 Å². The molecule has 1 aliphatic rings. The summed E-state index contributed by atoms with van der Waals surface area (Å²) in [4.78, 5) is 1.13. The van der Waals surface area contributed by atoms with E-state index in [4.69, 9.17) is 4.74 Å². The maximum Gasteiger partial charge on any atom is 0.233 e. The highest BCUT2D eigenvalue weighted by molar-refractivity contribution is 7.22. The van der Waals surface area contributed by atoms with E-state index in [0.717, 1.165) is 23.4 Å². The fourth-order valence-corrected chi connectivity index (χ4v) is 5.13. The molecule has 0 bridgehead atoms. The Hall–Kier alpha value is -1.98. The quantitative estimate of drug-likeness (QED) is 0.704. The topological polar surface area (TPSA) is 47.0 Å². The summed E-state index contributed by atoms with van der Waals surface area (Å²) in [5.41, 5.74) is 0.998. The van der Waals surface area contributed by atoms with E-state index in [1.165, 1.54) is 10.1 Å². The second kappa shape index (κ2) is 6.32. The van der Waals surface area contributed by atoms with E-state index in [2.05, 4.69) is 73.5 Å². The Kier molecular flexibility index (Phi) is 4.24. The zero-order chi connectivity index (χ0) is 18.4. The molecule has 0 spiro atoms. The molecule has 0 aliphatic carbocycles. The highest BCUT2D eigenvalue weighted by Gasteiger charge is 2.38. The van der Waals surface area contributed by atoms with Crippen LogP contribution in [-0.2, 0) is 0 Å². The second-order valence-electron chi connectivity index (χ2n) is 8.45. The van der Waals surface area contributed by atoms with Crippen molar-refractivity contribution in [3.8, 4) is 16.5 Å². The maximum absolute atomic E-state index is 6.17. The van der Waals surface area contributed by atoms with E-state index in [1.807, 2.05) is 12.1 Å². The molecule has 2 aromatic heterocycles. The van der Waals surface area contributed by atoms with Gasteiger partial charge in [0.15, 0.2) is 0 Å². The Bertz CT molecular complexity index is 865. The van der Waals surface area contributed by atoms with Gasteiger partial charge in [0.25, 0.3) is 0 Å². The van der Waals surface area contributed by atoms with Crippen LogP contribution in [0.3, 0.4) is 0 Å². The van der Waals surface area contributed by atoms with Crippen molar-refractivity contribution in [2.75, 3.05) is 0 Å². The number of hydrogen-bond donors (Lipinski definition) is 1. The van der Waals surface area contributed by atoms with Crippen molar-refractivity contribution in [1.29, 1.82) is 0 Å². The van der Waals surface area contributed by atoms with Crippen LogP contribution in [0.1, 0.15) is 40.5 Å². The van der Waals surface area contributed by atoms with Gasteiger partial charge in [-0.05, 0) is 51.3 Å². The zero-order valence-electron chi connectivity index (χ0n) is 15.7. The van der Waals surface area contributed by atoms with Gasteiger partial charge in [0, 0.05) is 34.7 Å². The minimum absolute atomic E-state index is 0.0524. The molecule has 1 aliphatic heterocycles. The van der Waals surface area contributed by atoms with Crippen molar-refractivity contribution in [2.24, 2.45) is 0 Å². The first-order valence-electron chi connectivity index (χ1n) is 9.08. The highest BCUT2D eigenvalue weighted by atomic mass is 32.1. The first-order chi connectivity index (χ1) is 12.3. The zero-order valence-corrected chi connectivity index (χ0v) is 16.6. The molecule has 0 atom stereocenters. The Balaban J connectivity index is 1.51. The summed E-state index contributed by atoms with van der Waals surface area (Å²) >= 11 is 1.74. The van der Waals surface area contributed by atoms with Crippen LogP contribution in [-0.4, -0.2) is 27.4 Å². The molecule has 0 radical (unpaired) electrons. The van der Waals surface area contributed by atoms with Gasteiger partial charge < -0.3 is 10.1 Å².